The van der Waals surface area contributed by atoms with E-state index in [2.05, 4.69) is 17.2 Å². The topological polar surface area (TPSA) is 88.6 Å². The Balaban J connectivity index is 1.94. The van der Waals surface area contributed by atoms with Crippen LogP contribution in [0.15, 0.2) is 24.3 Å². The number of unbranched alkanes of at least 4 members (excludes halogenated alkanes) is 2. The van der Waals surface area contributed by atoms with Gasteiger partial charge in [-0.05, 0) is 31.9 Å². The lowest BCUT2D eigenvalue weighted by Crippen LogP contribution is -2.39. The number of amides is 2. The van der Waals surface area contributed by atoms with Gasteiger partial charge in [-0.1, -0.05) is 49.3 Å². The predicted octanol–water partition coefficient (Wildman–Crippen LogP) is 4.28. The molecule has 0 radical (unpaired) electrons. The van der Waals surface area contributed by atoms with Crippen LogP contribution in [0.2, 0.25) is 0 Å². The van der Waals surface area contributed by atoms with E-state index in [9.17, 15) is 14.4 Å². The van der Waals surface area contributed by atoms with Crippen molar-refractivity contribution in [1.29, 1.82) is 0 Å². The number of aryl methyl sites for hydroxylation is 1. The van der Waals surface area contributed by atoms with Crippen LogP contribution in [0.3, 0.4) is 0 Å². The largest absolute Gasteiger partial charge is 0.462 e. The van der Waals surface area contributed by atoms with Crippen LogP contribution in [0, 0.1) is 6.92 Å². The van der Waals surface area contributed by atoms with E-state index in [0.29, 0.717) is 27.9 Å². The number of benzene rings is 1. The molecule has 1 aromatic carbocycles. The highest BCUT2D eigenvalue weighted by Crippen LogP contribution is 2.36. The quantitative estimate of drug-likeness (QED) is 0.500. The first kappa shape index (κ1) is 22.0. The summed E-state index contributed by atoms with van der Waals surface area (Å²) < 4.78 is 5.11. The summed E-state index contributed by atoms with van der Waals surface area (Å²) in [6.45, 7) is 6.35. The van der Waals surface area contributed by atoms with Gasteiger partial charge in [-0.3, -0.25) is 14.5 Å². The molecule has 1 aromatic heterocycles. The van der Waals surface area contributed by atoms with Crippen LogP contribution in [-0.2, 0) is 14.3 Å². The molecule has 1 unspecified atom stereocenters. The summed E-state index contributed by atoms with van der Waals surface area (Å²) in [6.07, 6.45) is 2.90. The van der Waals surface area contributed by atoms with Crippen molar-refractivity contribution >= 4 is 39.9 Å². The maximum atomic E-state index is 13.6. The number of hydrogen-bond acceptors (Lipinski definition) is 6. The summed E-state index contributed by atoms with van der Waals surface area (Å²) in [6, 6.07) is 7.38. The second-order valence-electron chi connectivity index (χ2n) is 7.22. The van der Waals surface area contributed by atoms with Crippen molar-refractivity contribution in [2.24, 2.45) is 0 Å². The van der Waals surface area contributed by atoms with Crippen LogP contribution in [0.25, 0.3) is 0 Å². The second kappa shape index (κ2) is 9.84. The minimum absolute atomic E-state index is 0.0925. The molecule has 1 atom stereocenters. The Morgan fingerprint density at radius 2 is 2.03 bits per heavy atom. The van der Waals surface area contributed by atoms with Gasteiger partial charge in [0.05, 0.1) is 18.2 Å². The first-order valence-corrected chi connectivity index (χ1v) is 11.1. The minimum Gasteiger partial charge on any atom is -0.462 e. The zero-order valence-electron chi connectivity index (χ0n) is 17.6. The molecule has 1 N–H and O–H groups in total. The van der Waals surface area contributed by atoms with Gasteiger partial charge in [0.2, 0.25) is 11.8 Å². The molecule has 2 amide bonds. The number of nitrogens with zero attached hydrogens (tertiary/aromatic N) is 2. The zero-order valence-corrected chi connectivity index (χ0v) is 18.4. The molecular formula is C22H27N3O4S. The summed E-state index contributed by atoms with van der Waals surface area (Å²) in [7, 11) is 0. The molecule has 0 fully saturated rings. The lowest BCUT2D eigenvalue weighted by molar-refractivity contribution is -0.124. The molecule has 2 aromatic rings. The van der Waals surface area contributed by atoms with E-state index in [0.717, 1.165) is 24.8 Å². The van der Waals surface area contributed by atoms with Crippen molar-refractivity contribution in [2.45, 2.75) is 52.4 Å². The summed E-state index contributed by atoms with van der Waals surface area (Å²) in [5.74, 6) is -1.35. The molecule has 1 aliphatic heterocycles. The number of carbonyl (C=O) groups excluding carboxylic acids is 3. The number of ether oxygens (including phenoxy) is 1. The molecule has 7 nitrogen and oxygen atoms in total. The fraction of sp³-hybridized carbons (Fsp3) is 0.455. The van der Waals surface area contributed by atoms with Gasteiger partial charge in [0.1, 0.15) is 4.88 Å². The normalized spacial score (nSPS) is 15.3. The first-order chi connectivity index (χ1) is 14.5. The highest BCUT2D eigenvalue weighted by Gasteiger charge is 2.35. The Morgan fingerprint density at radius 3 is 2.77 bits per heavy atom. The number of rotatable bonds is 8. The van der Waals surface area contributed by atoms with Crippen molar-refractivity contribution in [3.05, 3.63) is 40.4 Å². The number of nitrogens with one attached hydrogen (secondary N) is 1. The molecule has 2 heterocycles. The number of esters is 1. The molecule has 3 rings (SSSR count). The maximum Gasteiger partial charge on any atom is 0.350 e. The first-order valence-electron chi connectivity index (χ1n) is 10.3. The van der Waals surface area contributed by atoms with Gasteiger partial charge >= 0.3 is 5.97 Å². The molecule has 8 heteroatoms. The molecule has 0 saturated carbocycles. The van der Waals surface area contributed by atoms with Gasteiger partial charge in [0, 0.05) is 18.7 Å². The van der Waals surface area contributed by atoms with Crippen LogP contribution >= 0.6 is 11.3 Å². The van der Waals surface area contributed by atoms with Gasteiger partial charge in [0.25, 0.3) is 0 Å². The summed E-state index contributed by atoms with van der Waals surface area (Å²) >= 11 is 1.17. The fourth-order valence-electron chi connectivity index (χ4n) is 3.52. The second-order valence-corrected chi connectivity index (χ2v) is 8.20. The van der Waals surface area contributed by atoms with Crippen LogP contribution in [0.4, 0.5) is 10.8 Å². The summed E-state index contributed by atoms with van der Waals surface area (Å²) in [5, 5.41) is 3.31. The van der Waals surface area contributed by atoms with Gasteiger partial charge in [-0.25, -0.2) is 9.78 Å². The highest BCUT2D eigenvalue weighted by atomic mass is 32.1. The number of para-hydroxylation sites is 1. The third-order valence-electron chi connectivity index (χ3n) is 5.03. The number of thiazole rings is 1. The highest BCUT2D eigenvalue weighted by molar-refractivity contribution is 7.17. The van der Waals surface area contributed by atoms with Crippen molar-refractivity contribution in [3.63, 3.8) is 0 Å². The van der Waals surface area contributed by atoms with E-state index in [1.807, 2.05) is 18.2 Å². The smallest absolute Gasteiger partial charge is 0.350 e. The third-order valence-corrected chi connectivity index (χ3v) is 6.19. The van der Waals surface area contributed by atoms with Crippen molar-refractivity contribution in [3.8, 4) is 0 Å². The lowest BCUT2D eigenvalue weighted by Gasteiger charge is -2.29. The van der Waals surface area contributed by atoms with E-state index < -0.39 is 11.9 Å². The molecular weight excluding hydrogens is 402 g/mol. The van der Waals surface area contributed by atoms with Gasteiger partial charge < -0.3 is 10.1 Å². The molecule has 0 aliphatic carbocycles. The summed E-state index contributed by atoms with van der Waals surface area (Å²) in [5.41, 5.74) is 2.02. The van der Waals surface area contributed by atoms with Gasteiger partial charge in [-0.15, -0.1) is 0 Å². The minimum atomic E-state index is -0.577. The zero-order chi connectivity index (χ0) is 21.7. The average molecular weight is 430 g/mol. The Morgan fingerprint density at radius 1 is 1.27 bits per heavy atom. The van der Waals surface area contributed by atoms with Gasteiger partial charge in [-0.2, -0.15) is 0 Å². The van der Waals surface area contributed by atoms with Crippen molar-refractivity contribution in [2.75, 3.05) is 23.4 Å². The van der Waals surface area contributed by atoms with E-state index in [4.69, 9.17) is 4.74 Å². The average Bonchev–Trinajstić information content (AvgIpc) is 3.11. The van der Waals surface area contributed by atoms with E-state index in [-0.39, 0.29) is 24.8 Å². The predicted molar refractivity (Wildman–Crippen MR) is 117 cm³/mol. The Kier molecular flexibility index (Phi) is 7.20. The number of carbonyl (C=O) groups is 3. The molecule has 0 bridgehead atoms. The molecule has 30 heavy (non-hydrogen) atoms. The molecule has 160 valence electrons. The fourth-order valence-corrected chi connectivity index (χ4v) is 4.52. The number of anilines is 2. The van der Waals surface area contributed by atoms with Crippen LogP contribution in [0.5, 0.6) is 0 Å². The van der Waals surface area contributed by atoms with Gasteiger partial charge in [0.15, 0.2) is 5.13 Å². The van der Waals surface area contributed by atoms with E-state index >= 15 is 0 Å². The Labute approximate surface area is 180 Å². The van der Waals surface area contributed by atoms with E-state index in [1.54, 1.807) is 24.8 Å². The standard InChI is InChI=1S/C22H27N3O4S/c1-4-6-9-12-25(22-23-14(3)19(30-22)21(28)29-5-2)20(27)16-13-18(26)24-17-11-8-7-10-15(16)17/h7-8,10-11,16H,4-6,9,12-13H2,1-3H3,(H,24,26). The Bertz CT molecular complexity index is 940. The van der Waals surface area contributed by atoms with Crippen LogP contribution < -0.4 is 10.2 Å². The molecule has 1 aliphatic rings. The SMILES string of the molecule is CCCCCN(C(=O)C1CC(=O)Nc2ccccc21)c1nc(C)c(C(=O)OCC)s1. The monoisotopic (exact) mass is 429 g/mol. The molecule has 0 spiro atoms. The summed E-state index contributed by atoms with van der Waals surface area (Å²) in [4.78, 5) is 44.6. The number of aromatic nitrogens is 1. The van der Waals surface area contributed by atoms with Crippen LogP contribution in [0.1, 0.15) is 66.4 Å². The third kappa shape index (κ3) is 4.70. The Hall–Kier alpha value is -2.74. The maximum absolute atomic E-state index is 13.6. The number of fused-ring (bicyclic) bond motifs is 1. The van der Waals surface area contributed by atoms with Crippen molar-refractivity contribution < 1.29 is 19.1 Å². The molecule has 0 saturated heterocycles. The number of hydrogen-bond donors (Lipinski definition) is 1. The lowest BCUT2D eigenvalue weighted by atomic mass is 9.89. The van der Waals surface area contributed by atoms with Crippen molar-refractivity contribution in [1.82, 2.24) is 4.98 Å². The van der Waals surface area contributed by atoms with E-state index in [1.165, 1.54) is 11.3 Å². The van der Waals surface area contributed by atoms with Crippen LogP contribution in [-0.4, -0.2) is 35.9 Å².